The van der Waals surface area contributed by atoms with Gasteiger partial charge in [-0.3, -0.25) is 0 Å². The van der Waals surface area contributed by atoms with Crippen LogP contribution in [0.4, 0.5) is 0 Å². The summed E-state index contributed by atoms with van der Waals surface area (Å²) in [4.78, 5) is 7.78. The third-order valence-corrected chi connectivity index (χ3v) is 3.98. The van der Waals surface area contributed by atoms with E-state index < -0.39 is 0 Å². The van der Waals surface area contributed by atoms with Crippen LogP contribution in [0.15, 0.2) is 30.3 Å². The number of halogens is 2. The summed E-state index contributed by atoms with van der Waals surface area (Å²) in [6.07, 6.45) is 0. The van der Waals surface area contributed by atoms with Crippen LogP contribution in [-0.2, 0) is 0 Å². The van der Waals surface area contributed by atoms with E-state index in [1.165, 1.54) is 0 Å². The zero-order valence-electron chi connectivity index (χ0n) is 12.1. The van der Waals surface area contributed by atoms with Crippen molar-refractivity contribution in [1.82, 2.24) is 9.97 Å². The van der Waals surface area contributed by atoms with Gasteiger partial charge >= 0.3 is 0 Å². The van der Waals surface area contributed by atoms with Crippen LogP contribution in [0.2, 0.25) is 10.0 Å². The molecule has 0 aliphatic rings. The second-order valence-corrected chi connectivity index (χ2v) is 5.48. The minimum atomic E-state index is 0.483. The smallest absolute Gasteiger partial charge is 0.161 e. The molecule has 0 fully saturated rings. The lowest BCUT2D eigenvalue weighted by Gasteiger charge is -2.10. The van der Waals surface area contributed by atoms with Crippen LogP contribution >= 0.6 is 23.2 Å². The van der Waals surface area contributed by atoms with E-state index in [0.717, 1.165) is 22.4 Å². The van der Waals surface area contributed by atoms with Crippen molar-refractivity contribution in [2.75, 3.05) is 13.7 Å². The number of imidazole rings is 1. The Balaban J connectivity index is 2.08. The van der Waals surface area contributed by atoms with Crippen LogP contribution < -0.4 is 9.47 Å². The van der Waals surface area contributed by atoms with Gasteiger partial charge in [-0.2, -0.15) is 0 Å². The first-order valence-electron chi connectivity index (χ1n) is 6.78. The van der Waals surface area contributed by atoms with E-state index in [-0.39, 0.29) is 0 Å². The van der Waals surface area contributed by atoms with Crippen LogP contribution in [0.25, 0.3) is 22.4 Å². The molecule has 3 aromatic rings. The molecule has 22 heavy (non-hydrogen) atoms. The second kappa shape index (κ2) is 6.07. The predicted molar refractivity (Wildman–Crippen MR) is 89.3 cm³/mol. The van der Waals surface area contributed by atoms with E-state index in [0.29, 0.717) is 28.2 Å². The number of H-pyrrole nitrogens is 1. The molecule has 1 N–H and O–H groups in total. The highest BCUT2D eigenvalue weighted by atomic mass is 35.5. The minimum absolute atomic E-state index is 0.483. The van der Waals surface area contributed by atoms with Crippen molar-refractivity contribution in [1.29, 1.82) is 0 Å². The molecule has 0 saturated heterocycles. The fourth-order valence-corrected chi connectivity index (χ4v) is 2.56. The summed E-state index contributed by atoms with van der Waals surface area (Å²) >= 11 is 12.1. The minimum Gasteiger partial charge on any atom is -0.493 e. The molecule has 6 heteroatoms. The summed E-state index contributed by atoms with van der Waals surface area (Å²) in [6.45, 7) is 2.49. The van der Waals surface area contributed by atoms with E-state index in [1.54, 1.807) is 19.2 Å². The fourth-order valence-electron chi connectivity index (χ4n) is 2.23. The lowest BCUT2D eigenvalue weighted by atomic mass is 10.2. The first kappa shape index (κ1) is 15.0. The highest BCUT2D eigenvalue weighted by Gasteiger charge is 2.11. The maximum atomic E-state index is 6.03. The average Bonchev–Trinajstić information content (AvgIpc) is 2.91. The predicted octanol–water partition coefficient (Wildman–Crippen LogP) is 4.94. The van der Waals surface area contributed by atoms with E-state index in [9.17, 15) is 0 Å². The first-order chi connectivity index (χ1) is 10.6. The summed E-state index contributed by atoms with van der Waals surface area (Å²) in [5, 5.41) is 0.978. The maximum absolute atomic E-state index is 6.03. The van der Waals surface area contributed by atoms with Crippen LogP contribution in [0.3, 0.4) is 0 Å². The lowest BCUT2D eigenvalue weighted by Crippen LogP contribution is -1.95. The zero-order chi connectivity index (χ0) is 15.7. The number of hydrogen-bond acceptors (Lipinski definition) is 3. The van der Waals surface area contributed by atoms with Crippen molar-refractivity contribution in [2.45, 2.75) is 6.92 Å². The van der Waals surface area contributed by atoms with Crippen molar-refractivity contribution in [3.63, 3.8) is 0 Å². The number of rotatable bonds is 4. The van der Waals surface area contributed by atoms with E-state index in [1.807, 2.05) is 25.1 Å². The number of fused-ring (bicyclic) bond motifs is 1. The Hall–Kier alpha value is -1.91. The molecular formula is C16H14Cl2N2O2. The SMILES string of the molecule is CCOc1cc(-c2nc3cc(Cl)c(Cl)cc3[nH]2)ccc1OC. The Morgan fingerprint density at radius 1 is 1.09 bits per heavy atom. The van der Waals surface area contributed by atoms with Crippen LogP contribution in [0.1, 0.15) is 6.92 Å². The standard InChI is InChI=1S/C16H14Cl2N2O2/c1-3-22-15-6-9(4-5-14(15)21-2)16-19-12-7-10(17)11(18)8-13(12)20-16/h4-8H,3H2,1-2H3,(H,19,20). The van der Waals surface area contributed by atoms with Crippen LogP contribution in [-0.4, -0.2) is 23.7 Å². The lowest BCUT2D eigenvalue weighted by molar-refractivity contribution is 0.311. The van der Waals surface area contributed by atoms with Crippen molar-refractivity contribution in [3.8, 4) is 22.9 Å². The number of hydrogen-bond donors (Lipinski definition) is 1. The van der Waals surface area contributed by atoms with Gasteiger partial charge in [0.1, 0.15) is 5.82 Å². The second-order valence-electron chi connectivity index (χ2n) is 4.67. The number of ether oxygens (including phenoxy) is 2. The zero-order valence-corrected chi connectivity index (χ0v) is 13.6. The molecule has 0 radical (unpaired) electrons. The Kier molecular flexibility index (Phi) is 4.14. The molecule has 2 aromatic carbocycles. The van der Waals surface area contributed by atoms with Crippen LogP contribution in [0, 0.1) is 0 Å². The number of benzene rings is 2. The Morgan fingerprint density at radius 3 is 2.59 bits per heavy atom. The molecule has 4 nitrogen and oxygen atoms in total. The summed E-state index contributed by atoms with van der Waals surface area (Å²) in [6, 6.07) is 9.17. The van der Waals surface area contributed by atoms with Gasteiger partial charge in [-0.25, -0.2) is 4.98 Å². The molecule has 0 unspecified atom stereocenters. The molecule has 0 spiro atoms. The van der Waals surface area contributed by atoms with Gasteiger partial charge in [-0.1, -0.05) is 23.2 Å². The van der Waals surface area contributed by atoms with Gasteiger partial charge in [-0.15, -0.1) is 0 Å². The molecule has 0 saturated carbocycles. The molecule has 0 atom stereocenters. The molecule has 1 heterocycles. The highest BCUT2D eigenvalue weighted by Crippen LogP contribution is 2.33. The number of methoxy groups -OCH3 is 1. The summed E-state index contributed by atoms with van der Waals surface area (Å²) in [5.41, 5.74) is 2.49. The van der Waals surface area contributed by atoms with Crippen molar-refractivity contribution >= 4 is 34.2 Å². The third-order valence-electron chi connectivity index (χ3n) is 3.26. The molecule has 0 aliphatic carbocycles. The first-order valence-corrected chi connectivity index (χ1v) is 7.54. The van der Waals surface area contributed by atoms with Gasteiger partial charge in [0.05, 0.1) is 34.8 Å². The molecule has 3 rings (SSSR count). The van der Waals surface area contributed by atoms with Gasteiger partial charge in [0.2, 0.25) is 0 Å². The summed E-state index contributed by atoms with van der Waals surface area (Å²) in [5.74, 6) is 2.09. The van der Waals surface area contributed by atoms with E-state index in [4.69, 9.17) is 32.7 Å². The largest absolute Gasteiger partial charge is 0.493 e. The fraction of sp³-hybridized carbons (Fsp3) is 0.188. The van der Waals surface area contributed by atoms with Crippen molar-refractivity contribution in [3.05, 3.63) is 40.4 Å². The maximum Gasteiger partial charge on any atom is 0.161 e. The van der Waals surface area contributed by atoms with Gasteiger partial charge < -0.3 is 14.5 Å². The van der Waals surface area contributed by atoms with Crippen molar-refractivity contribution in [2.24, 2.45) is 0 Å². The summed E-state index contributed by atoms with van der Waals surface area (Å²) < 4.78 is 10.9. The normalized spacial score (nSPS) is 10.9. The molecule has 1 aromatic heterocycles. The Morgan fingerprint density at radius 2 is 1.86 bits per heavy atom. The molecule has 0 amide bonds. The summed E-state index contributed by atoms with van der Waals surface area (Å²) in [7, 11) is 1.61. The highest BCUT2D eigenvalue weighted by molar-refractivity contribution is 6.42. The molecule has 0 aliphatic heterocycles. The topological polar surface area (TPSA) is 47.1 Å². The van der Waals surface area contributed by atoms with Gasteiger partial charge in [0, 0.05) is 5.56 Å². The molecule has 0 bridgehead atoms. The monoisotopic (exact) mass is 336 g/mol. The molecule has 114 valence electrons. The Bertz CT molecular complexity index is 791. The van der Waals surface area contributed by atoms with E-state index >= 15 is 0 Å². The van der Waals surface area contributed by atoms with Gasteiger partial charge in [0.15, 0.2) is 11.5 Å². The number of aromatic nitrogens is 2. The third kappa shape index (κ3) is 2.72. The number of nitrogens with zero attached hydrogens (tertiary/aromatic N) is 1. The van der Waals surface area contributed by atoms with E-state index in [2.05, 4.69) is 9.97 Å². The number of nitrogens with one attached hydrogen (secondary N) is 1. The quantitative estimate of drug-likeness (QED) is 0.733. The molecular weight excluding hydrogens is 323 g/mol. The average molecular weight is 337 g/mol. The Labute approximate surface area is 138 Å². The van der Waals surface area contributed by atoms with Gasteiger partial charge in [-0.05, 0) is 37.3 Å². The number of aromatic amines is 1. The van der Waals surface area contributed by atoms with Gasteiger partial charge in [0.25, 0.3) is 0 Å². The van der Waals surface area contributed by atoms with Crippen molar-refractivity contribution < 1.29 is 9.47 Å². The van der Waals surface area contributed by atoms with Crippen LogP contribution in [0.5, 0.6) is 11.5 Å².